The van der Waals surface area contributed by atoms with Gasteiger partial charge in [0.1, 0.15) is 30.7 Å². The van der Waals surface area contributed by atoms with E-state index in [-0.39, 0.29) is 18.5 Å². The van der Waals surface area contributed by atoms with Crippen molar-refractivity contribution in [2.24, 2.45) is 0 Å². The highest BCUT2D eigenvalue weighted by atomic mass is 32.2. The van der Waals surface area contributed by atoms with Crippen LogP contribution in [0.4, 0.5) is 5.69 Å². The second-order valence-electron chi connectivity index (χ2n) is 11.2. The summed E-state index contributed by atoms with van der Waals surface area (Å²) >= 11 is 0. The Morgan fingerprint density at radius 2 is 1.52 bits per heavy atom. The highest BCUT2D eigenvalue weighted by molar-refractivity contribution is 7.92. The largest absolute Gasteiger partial charge is 0.497 e. The van der Waals surface area contributed by atoms with Crippen LogP contribution in [-0.2, 0) is 32.8 Å². The van der Waals surface area contributed by atoms with Crippen molar-refractivity contribution in [1.29, 1.82) is 0 Å². The number of carbonyl (C=O) groups is 2. The second kappa shape index (κ2) is 15.6. The fourth-order valence-electron chi connectivity index (χ4n) is 5.45. The molecule has 2 amide bonds. The summed E-state index contributed by atoms with van der Waals surface area (Å²) in [5, 5.41) is 3.16. The van der Waals surface area contributed by atoms with Crippen molar-refractivity contribution in [3.05, 3.63) is 90.0 Å². The Labute approximate surface area is 261 Å². The fraction of sp³-hybridized carbons (Fsp3) is 0.412. The average Bonchev–Trinajstić information content (AvgIpc) is 3.03. The van der Waals surface area contributed by atoms with E-state index in [1.165, 1.54) is 4.90 Å². The SMILES string of the molecule is CCC(C(=O)NC1CCCCC1)N(Cc1ccc(OC)cc1)C(=O)CN(c1ccc(OCc2ccccc2)cc1)S(C)(=O)=O. The molecule has 0 spiro atoms. The van der Waals surface area contributed by atoms with E-state index in [2.05, 4.69) is 5.32 Å². The van der Waals surface area contributed by atoms with Crippen molar-refractivity contribution in [3.63, 3.8) is 0 Å². The number of benzene rings is 3. The molecule has 0 aromatic heterocycles. The van der Waals surface area contributed by atoms with Gasteiger partial charge in [0.25, 0.3) is 0 Å². The standard InChI is InChI=1S/C34H43N3O6S/c1-4-32(34(39)35-28-13-9-6-10-14-28)36(23-26-15-19-30(42-2)20-16-26)33(38)24-37(44(3,40)41)29-17-21-31(22-18-29)43-25-27-11-7-5-8-12-27/h5,7-8,11-12,15-22,28,32H,4,6,9-10,13-14,23-25H2,1-3H3,(H,35,39). The van der Waals surface area contributed by atoms with Gasteiger partial charge in [0.05, 0.1) is 19.1 Å². The van der Waals surface area contributed by atoms with Crippen molar-refractivity contribution in [2.75, 3.05) is 24.2 Å². The molecule has 0 bridgehead atoms. The van der Waals surface area contributed by atoms with Crippen LogP contribution in [0, 0.1) is 0 Å². The molecule has 4 rings (SSSR count). The molecule has 44 heavy (non-hydrogen) atoms. The van der Waals surface area contributed by atoms with Gasteiger partial charge in [-0.15, -0.1) is 0 Å². The molecular weight excluding hydrogens is 578 g/mol. The normalized spacial score (nSPS) is 14.3. The number of nitrogens with zero attached hydrogens (tertiary/aromatic N) is 2. The van der Waals surface area contributed by atoms with Gasteiger partial charge in [-0.05, 0) is 66.8 Å². The summed E-state index contributed by atoms with van der Waals surface area (Å²) in [5.74, 6) is 0.561. The van der Waals surface area contributed by atoms with E-state index in [0.717, 1.165) is 53.8 Å². The maximum Gasteiger partial charge on any atom is 0.244 e. The molecule has 9 nitrogen and oxygen atoms in total. The molecule has 1 aliphatic rings. The Balaban J connectivity index is 1.55. The maximum atomic E-state index is 14.0. The second-order valence-corrected chi connectivity index (χ2v) is 13.1. The van der Waals surface area contributed by atoms with E-state index in [9.17, 15) is 18.0 Å². The summed E-state index contributed by atoms with van der Waals surface area (Å²) < 4.78 is 38.2. The number of sulfonamides is 1. The van der Waals surface area contributed by atoms with E-state index < -0.39 is 28.5 Å². The molecule has 10 heteroatoms. The Morgan fingerprint density at radius 3 is 2.11 bits per heavy atom. The highest BCUT2D eigenvalue weighted by Crippen LogP contribution is 2.24. The van der Waals surface area contributed by atoms with E-state index in [1.54, 1.807) is 43.5 Å². The Kier molecular flexibility index (Phi) is 11.7. The molecule has 0 saturated heterocycles. The minimum Gasteiger partial charge on any atom is -0.497 e. The number of hydrogen-bond donors (Lipinski definition) is 1. The van der Waals surface area contributed by atoms with Crippen molar-refractivity contribution >= 4 is 27.5 Å². The van der Waals surface area contributed by atoms with E-state index in [4.69, 9.17) is 9.47 Å². The first-order chi connectivity index (χ1) is 21.2. The highest BCUT2D eigenvalue weighted by Gasteiger charge is 2.32. The number of hydrogen-bond acceptors (Lipinski definition) is 6. The number of anilines is 1. The van der Waals surface area contributed by atoms with Crippen LogP contribution < -0.4 is 19.1 Å². The number of carbonyl (C=O) groups excluding carboxylic acids is 2. The summed E-state index contributed by atoms with van der Waals surface area (Å²) in [4.78, 5) is 29.1. The van der Waals surface area contributed by atoms with Crippen LogP contribution >= 0.6 is 0 Å². The first kappa shape index (κ1) is 32.9. The van der Waals surface area contributed by atoms with Gasteiger partial charge in [0, 0.05) is 12.6 Å². The van der Waals surface area contributed by atoms with E-state index in [1.807, 2.05) is 49.4 Å². The summed E-state index contributed by atoms with van der Waals surface area (Å²) in [6, 6.07) is 22.9. The van der Waals surface area contributed by atoms with Gasteiger partial charge in [0.15, 0.2) is 0 Å². The van der Waals surface area contributed by atoms with Crippen LogP contribution in [0.2, 0.25) is 0 Å². The predicted octanol–water partition coefficient (Wildman–Crippen LogP) is 5.30. The molecule has 0 aliphatic heterocycles. The third kappa shape index (κ3) is 9.22. The molecule has 1 fully saturated rings. The lowest BCUT2D eigenvalue weighted by Crippen LogP contribution is -2.53. The summed E-state index contributed by atoms with van der Waals surface area (Å²) in [6.45, 7) is 1.92. The molecule has 0 heterocycles. The van der Waals surface area contributed by atoms with Crippen molar-refractivity contribution in [1.82, 2.24) is 10.2 Å². The molecule has 3 aromatic rings. The lowest BCUT2D eigenvalue weighted by atomic mass is 9.95. The molecule has 0 radical (unpaired) electrons. The van der Waals surface area contributed by atoms with Crippen molar-refractivity contribution in [2.45, 2.75) is 70.7 Å². The average molecular weight is 622 g/mol. The number of methoxy groups -OCH3 is 1. The Morgan fingerprint density at radius 1 is 0.886 bits per heavy atom. The smallest absolute Gasteiger partial charge is 0.244 e. The molecule has 1 aliphatic carbocycles. The van der Waals surface area contributed by atoms with Crippen LogP contribution in [0.5, 0.6) is 11.5 Å². The number of nitrogens with one attached hydrogen (secondary N) is 1. The van der Waals surface area contributed by atoms with Crippen molar-refractivity contribution < 1.29 is 27.5 Å². The lowest BCUT2D eigenvalue weighted by Gasteiger charge is -2.34. The Hall–Kier alpha value is -4.05. The zero-order chi connectivity index (χ0) is 31.5. The van der Waals surface area contributed by atoms with Crippen molar-refractivity contribution in [3.8, 4) is 11.5 Å². The summed E-state index contributed by atoms with van der Waals surface area (Å²) in [7, 11) is -2.27. The maximum absolute atomic E-state index is 14.0. The molecule has 1 unspecified atom stereocenters. The molecule has 1 N–H and O–H groups in total. The number of amides is 2. The van der Waals surface area contributed by atoms with Gasteiger partial charge < -0.3 is 19.7 Å². The molecule has 3 aromatic carbocycles. The first-order valence-electron chi connectivity index (χ1n) is 15.1. The third-order valence-corrected chi connectivity index (χ3v) is 9.04. The minimum absolute atomic E-state index is 0.0818. The van der Waals surface area contributed by atoms with Crippen LogP contribution in [0.1, 0.15) is 56.6 Å². The lowest BCUT2D eigenvalue weighted by molar-refractivity contribution is -0.140. The van der Waals surface area contributed by atoms with Gasteiger partial charge in [-0.25, -0.2) is 8.42 Å². The summed E-state index contributed by atoms with van der Waals surface area (Å²) in [5.41, 5.74) is 2.14. The molecule has 1 saturated carbocycles. The first-order valence-corrected chi connectivity index (χ1v) is 17.0. The fourth-order valence-corrected chi connectivity index (χ4v) is 6.30. The third-order valence-electron chi connectivity index (χ3n) is 7.90. The molecule has 236 valence electrons. The van der Waals surface area contributed by atoms with E-state index >= 15 is 0 Å². The van der Waals surface area contributed by atoms with E-state index in [0.29, 0.717) is 30.2 Å². The van der Waals surface area contributed by atoms with Crippen LogP contribution in [0.15, 0.2) is 78.9 Å². The number of rotatable bonds is 14. The zero-order valence-corrected chi connectivity index (χ0v) is 26.6. The van der Waals surface area contributed by atoms with Gasteiger partial charge in [0.2, 0.25) is 21.8 Å². The van der Waals surface area contributed by atoms with Crippen LogP contribution in [0.25, 0.3) is 0 Å². The topological polar surface area (TPSA) is 105 Å². The zero-order valence-electron chi connectivity index (χ0n) is 25.8. The quantitative estimate of drug-likeness (QED) is 0.262. The van der Waals surface area contributed by atoms with Gasteiger partial charge in [-0.3, -0.25) is 13.9 Å². The summed E-state index contributed by atoms with van der Waals surface area (Å²) in [6.07, 6.45) is 6.58. The number of ether oxygens (including phenoxy) is 2. The van der Waals surface area contributed by atoms with Crippen LogP contribution in [0.3, 0.4) is 0 Å². The van der Waals surface area contributed by atoms with Gasteiger partial charge >= 0.3 is 0 Å². The predicted molar refractivity (Wildman–Crippen MR) is 172 cm³/mol. The van der Waals surface area contributed by atoms with Gasteiger partial charge in [-0.1, -0.05) is 68.7 Å². The van der Waals surface area contributed by atoms with Gasteiger partial charge in [-0.2, -0.15) is 0 Å². The molecule has 1 atom stereocenters. The monoisotopic (exact) mass is 621 g/mol. The van der Waals surface area contributed by atoms with Crippen LogP contribution in [-0.4, -0.2) is 57.1 Å². The Bertz CT molecular complexity index is 1460. The molecular formula is C34H43N3O6S. The minimum atomic E-state index is -3.84.